The summed E-state index contributed by atoms with van der Waals surface area (Å²) in [5.41, 5.74) is 3.73. The number of pyridine rings is 1. The van der Waals surface area contributed by atoms with Crippen LogP contribution in [0.1, 0.15) is 18.4 Å². The van der Waals surface area contributed by atoms with Gasteiger partial charge < -0.3 is 11.1 Å². The molecule has 0 unspecified atom stereocenters. The lowest BCUT2D eigenvalue weighted by atomic mass is 10.2. The fraction of sp³-hybridized carbons (Fsp3) is 0.400. The number of halogens is 3. The minimum Gasteiger partial charge on any atom is -0.397 e. The second kappa shape index (κ2) is 3.52. The predicted molar refractivity (Wildman–Crippen MR) is 55.0 cm³/mol. The zero-order valence-electron chi connectivity index (χ0n) is 8.67. The van der Waals surface area contributed by atoms with E-state index in [-0.39, 0.29) is 29.9 Å². The SMILES string of the molecule is N#Cc1cc(N)cnc1NC1(C(F)(F)F)CC1. The van der Waals surface area contributed by atoms with E-state index < -0.39 is 11.7 Å². The van der Waals surface area contributed by atoms with E-state index in [9.17, 15) is 13.2 Å². The van der Waals surface area contributed by atoms with Crippen molar-refractivity contribution in [1.29, 1.82) is 5.26 Å². The molecule has 17 heavy (non-hydrogen) atoms. The predicted octanol–water partition coefficient (Wildman–Crippen LogP) is 2.04. The van der Waals surface area contributed by atoms with E-state index in [4.69, 9.17) is 11.0 Å². The van der Waals surface area contributed by atoms with Crippen molar-refractivity contribution in [2.75, 3.05) is 11.1 Å². The van der Waals surface area contributed by atoms with E-state index in [0.29, 0.717) is 0 Å². The number of alkyl halides is 3. The molecular formula is C10H9F3N4. The summed E-state index contributed by atoms with van der Waals surface area (Å²) in [5.74, 6) is -0.0727. The Bertz CT molecular complexity index is 485. The number of rotatable bonds is 2. The maximum atomic E-state index is 12.7. The summed E-state index contributed by atoms with van der Waals surface area (Å²) in [6.45, 7) is 0. The fourth-order valence-electron chi connectivity index (χ4n) is 1.50. The first-order chi connectivity index (χ1) is 7.88. The van der Waals surface area contributed by atoms with Gasteiger partial charge in [-0.2, -0.15) is 18.4 Å². The van der Waals surface area contributed by atoms with Gasteiger partial charge in [-0.1, -0.05) is 0 Å². The first-order valence-corrected chi connectivity index (χ1v) is 4.88. The zero-order chi connectivity index (χ0) is 12.7. The number of hydrogen-bond donors (Lipinski definition) is 2. The molecule has 1 aromatic heterocycles. The average Bonchev–Trinajstić information content (AvgIpc) is 3.01. The van der Waals surface area contributed by atoms with Gasteiger partial charge in [0.05, 0.1) is 17.4 Å². The molecule has 1 aliphatic rings. The first kappa shape index (κ1) is 11.5. The molecule has 2 rings (SSSR count). The highest BCUT2D eigenvalue weighted by atomic mass is 19.4. The molecule has 1 saturated carbocycles. The lowest BCUT2D eigenvalue weighted by molar-refractivity contribution is -0.151. The second-order valence-electron chi connectivity index (χ2n) is 3.98. The third kappa shape index (κ3) is 1.98. The van der Waals surface area contributed by atoms with Gasteiger partial charge in [0, 0.05) is 0 Å². The molecule has 0 aliphatic heterocycles. The molecule has 90 valence electrons. The topological polar surface area (TPSA) is 74.7 Å². The maximum Gasteiger partial charge on any atom is 0.411 e. The van der Waals surface area contributed by atoms with Crippen LogP contribution in [-0.4, -0.2) is 16.7 Å². The molecule has 1 heterocycles. The van der Waals surface area contributed by atoms with Crippen LogP contribution in [0, 0.1) is 11.3 Å². The largest absolute Gasteiger partial charge is 0.411 e. The van der Waals surface area contributed by atoms with Crippen LogP contribution in [0.25, 0.3) is 0 Å². The fourth-order valence-corrected chi connectivity index (χ4v) is 1.50. The van der Waals surface area contributed by atoms with E-state index in [1.165, 1.54) is 12.3 Å². The summed E-state index contributed by atoms with van der Waals surface area (Å²) >= 11 is 0. The lowest BCUT2D eigenvalue weighted by Gasteiger charge is -2.21. The smallest absolute Gasteiger partial charge is 0.397 e. The zero-order valence-corrected chi connectivity index (χ0v) is 8.67. The number of nitrogens with zero attached hydrogens (tertiary/aromatic N) is 2. The monoisotopic (exact) mass is 242 g/mol. The van der Waals surface area contributed by atoms with Gasteiger partial charge in [0.2, 0.25) is 0 Å². The van der Waals surface area contributed by atoms with Gasteiger partial charge in [0.1, 0.15) is 17.4 Å². The molecule has 7 heteroatoms. The van der Waals surface area contributed by atoms with Crippen LogP contribution in [-0.2, 0) is 0 Å². The Balaban J connectivity index is 2.29. The molecule has 0 aromatic carbocycles. The van der Waals surface area contributed by atoms with Crippen molar-refractivity contribution in [1.82, 2.24) is 4.98 Å². The number of anilines is 2. The highest BCUT2D eigenvalue weighted by Crippen LogP contribution is 2.51. The van der Waals surface area contributed by atoms with E-state index in [1.54, 1.807) is 6.07 Å². The normalized spacial score (nSPS) is 17.3. The first-order valence-electron chi connectivity index (χ1n) is 4.88. The average molecular weight is 242 g/mol. The third-order valence-electron chi connectivity index (χ3n) is 2.68. The molecule has 1 aliphatic carbocycles. The van der Waals surface area contributed by atoms with Crippen molar-refractivity contribution in [3.05, 3.63) is 17.8 Å². The van der Waals surface area contributed by atoms with Crippen LogP contribution in [0.5, 0.6) is 0 Å². The van der Waals surface area contributed by atoms with Crippen LogP contribution in [0.4, 0.5) is 24.7 Å². The number of nitrogens with one attached hydrogen (secondary N) is 1. The van der Waals surface area contributed by atoms with Gasteiger partial charge in [-0.25, -0.2) is 4.98 Å². The number of nitriles is 1. The van der Waals surface area contributed by atoms with Crippen molar-refractivity contribution in [2.45, 2.75) is 24.6 Å². The second-order valence-corrected chi connectivity index (χ2v) is 3.98. The van der Waals surface area contributed by atoms with Crippen molar-refractivity contribution < 1.29 is 13.2 Å². The number of hydrogen-bond acceptors (Lipinski definition) is 4. The van der Waals surface area contributed by atoms with Crippen LogP contribution in [0.15, 0.2) is 12.3 Å². The van der Waals surface area contributed by atoms with Crippen LogP contribution in [0.3, 0.4) is 0 Å². The summed E-state index contributed by atoms with van der Waals surface area (Å²) in [6, 6.07) is 3.06. The Morgan fingerprint density at radius 3 is 2.59 bits per heavy atom. The molecule has 1 aromatic rings. The molecule has 0 bridgehead atoms. The molecule has 0 saturated heterocycles. The standard InChI is InChI=1S/C10H9F3N4/c11-10(12,13)9(1-2-9)17-8-6(4-14)3-7(15)5-16-8/h3,5H,1-2,15H2,(H,16,17). The highest BCUT2D eigenvalue weighted by molar-refractivity contribution is 5.59. The maximum absolute atomic E-state index is 12.7. The molecule has 0 amide bonds. The van der Waals surface area contributed by atoms with Crippen molar-refractivity contribution in [3.63, 3.8) is 0 Å². The Hall–Kier alpha value is -1.97. The van der Waals surface area contributed by atoms with Crippen LogP contribution >= 0.6 is 0 Å². The Morgan fingerprint density at radius 1 is 1.47 bits per heavy atom. The van der Waals surface area contributed by atoms with Gasteiger partial charge >= 0.3 is 6.18 Å². The molecule has 0 atom stereocenters. The lowest BCUT2D eigenvalue weighted by Crippen LogP contribution is -2.39. The van der Waals surface area contributed by atoms with E-state index in [1.807, 2.05) is 0 Å². The van der Waals surface area contributed by atoms with Crippen LogP contribution in [0.2, 0.25) is 0 Å². The third-order valence-corrected chi connectivity index (χ3v) is 2.68. The number of nitrogen functional groups attached to an aromatic ring is 1. The van der Waals surface area contributed by atoms with Crippen molar-refractivity contribution >= 4 is 11.5 Å². The molecule has 3 N–H and O–H groups in total. The summed E-state index contributed by atoms with van der Waals surface area (Å²) < 4.78 is 38.1. The number of nitrogens with two attached hydrogens (primary N) is 1. The number of aromatic nitrogens is 1. The molecule has 4 nitrogen and oxygen atoms in total. The summed E-state index contributed by atoms with van der Waals surface area (Å²) in [4.78, 5) is 3.73. The Labute approximate surface area is 95.2 Å². The van der Waals surface area contributed by atoms with E-state index in [0.717, 1.165) is 0 Å². The van der Waals surface area contributed by atoms with Crippen molar-refractivity contribution in [2.24, 2.45) is 0 Å². The molecular weight excluding hydrogens is 233 g/mol. The Morgan fingerprint density at radius 2 is 2.12 bits per heavy atom. The molecule has 0 spiro atoms. The van der Waals surface area contributed by atoms with Gasteiger partial charge in [-0.05, 0) is 18.9 Å². The van der Waals surface area contributed by atoms with Gasteiger partial charge in [-0.3, -0.25) is 0 Å². The molecule has 1 fully saturated rings. The molecule has 0 radical (unpaired) electrons. The van der Waals surface area contributed by atoms with Gasteiger partial charge in [0.25, 0.3) is 0 Å². The highest BCUT2D eigenvalue weighted by Gasteiger charge is 2.63. The van der Waals surface area contributed by atoms with Crippen LogP contribution < -0.4 is 11.1 Å². The quantitative estimate of drug-likeness (QED) is 0.832. The summed E-state index contributed by atoms with van der Waals surface area (Å²) in [7, 11) is 0. The Kier molecular flexibility index (Phi) is 2.38. The summed E-state index contributed by atoms with van der Waals surface area (Å²) in [5, 5.41) is 11.1. The summed E-state index contributed by atoms with van der Waals surface area (Å²) in [6.07, 6.45) is -3.14. The van der Waals surface area contributed by atoms with E-state index >= 15 is 0 Å². The van der Waals surface area contributed by atoms with E-state index in [2.05, 4.69) is 10.3 Å². The minimum atomic E-state index is -4.34. The van der Waals surface area contributed by atoms with Gasteiger partial charge in [-0.15, -0.1) is 0 Å². The minimum absolute atomic E-state index is 0.00652. The van der Waals surface area contributed by atoms with Gasteiger partial charge in [0.15, 0.2) is 0 Å². The van der Waals surface area contributed by atoms with Crippen molar-refractivity contribution in [3.8, 4) is 6.07 Å².